The Balaban J connectivity index is 3.41. The third kappa shape index (κ3) is 9.68. The fourth-order valence-electron chi connectivity index (χ4n) is 3.20. The normalized spacial score (nSPS) is 13.3. The second kappa shape index (κ2) is 12.7. The Morgan fingerprint density at radius 1 is 1.12 bits per heavy atom. The highest BCUT2D eigenvalue weighted by molar-refractivity contribution is 7.80. The van der Waals surface area contributed by atoms with Crippen molar-refractivity contribution in [2.75, 3.05) is 12.3 Å². The van der Waals surface area contributed by atoms with E-state index in [1.165, 1.54) is 4.90 Å². The van der Waals surface area contributed by atoms with Gasteiger partial charge in [0.2, 0.25) is 11.8 Å². The van der Waals surface area contributed by atoms with Gasteiger partial charge in [0.25, 0.3) is 0 Å². The van der Waals surface area contributed by atoms with Crippen LogP contribution < -0.4 is 10.6 Å². The number of hydrogen-bond acceptors (Lipinski definition) is 5. The molecule has 0 fully saturated rings. The van der Waals surface area contributed by atoms with Crippen LogP contribution in [0.2, 0.25) is 0 Å². The largest absolute Gasteiger partial charge is 0.444 e. The lowest BCUT2D eigenvalue weighted by atomic mass is 9.99. The Kier molecular flexibility index (Phi) is 11.0. The molecule has 0 saturated heterocycles. The highest BCUT2D eigenvalue weighted by Gasteiger charge is 2.36. The van der Waals surface area contributed by atoms with E-state index in [0.29, 0.717) is 24.1 Å². The van der Waals surface area contributed by atoms with Gasteiger partial charge in [-0.1, -0.05) is 31.4 Å². The van der Waals surface area contributed by atoms with Crippen LogP contribution in [-0.2, 0) is 14.3 Å². The molecule has 0 aliphatic rings. The molecule has 1 aromatic carbocycles. The van der Waals surface area contributed by atoms with Crippen LogP contribution in [0.15, 0.2) is 24.3 Å². The highest BCUT2D eigenvalue weighted by Crippen LogP contribution is 2.25. The number of unbranched alkanes of at least 4 members (excludes halogenated alkanes) is 1. The van der Waals surface area contributed by atoms with Crippen LogP contribution in [0.5, 0.6) is 0 Å². The van der Waals surface area contributed by atoms with Gasteiger partial charge in [-0.3, -0.25) is 9.59 Å². The maximum atomic E-state index is 13.7. The number of nitrogens with zero attached hydrogens (tertiary/aromatic N) is 1. The van der Waals surface area contributed by atoms with E-state index in [1.54, 1.807) is 45.0 Å². The van der Waals surface area contributed by atoms with Gasteiger partial charge >= 0.3 is 6.09 Å². The SMILES string of the molecule is C#Cc1ccc(C(C(=O)NC(C)(C)C)N(CCCC)C(=O)C(CS)NC(=O)OC(C)(C)C)cc1. The summed E-state index contributed by atoms with van der Waals surface area (Å²) in [6.45, 7) is 13.2. The Hall–Kier alpha value is -2.66. The zero-order valence-corrected chi connectivity index (χ0v) is 22.3. The number of rotatable bonds is 9. The minimum Gasteiger partial charge on any atom is -0.444 e. The summed E-state index contributed by atoms with van der Waals surface area (Å²) in [5, 5.41) is 5.59. The Morgan fingerprint density at radius 2 is 1.71 bits per heavy atom. The summed E-state index contributed by atoms with van der Waals surface area (Å²) >= 11 is 4.29. The molecule has 2 unspecified atom stereocenters. The molecule has 3 amide bonds. The number of amides is 3. The van der Waals surface area contributed by atoms with E-state index in [1.807, 2.05) is 27.7 Å². The number of nitrogens with one attached hydrogen (secondary N) is 2. The van der Waals surface area contributed by atoms with E-state index in [4.69, 9.17) is 11.2 Å². The lowest BCUT2D eigenvalue weighted by Gasteiger charge is -2.35. The minimum absolute atomic E-state index is 0.0460. The molecular weight excluding hydrogens is 450 g/mol. The minimum atomic E-state index is -0.968. The standard InChI is InChI=1S/C26H39N3O4S/c1-9-11-16-29(23(31)20(17-34)27-24(32)33-26(6,7)8)21(22(30)28-25(3,4)5)19-14-12-18(10-2)13-15-19/h2,12-15,20-21,34H,9,11,16-17H2,1,3-8H3,(H,27,32)(H,28,30). The third-order valence-electron chi connectivity index (χ3n) is 4.66. The number of carbonyl (C=O) groups excluding carboxylic acids is 3. The first-order chi connectivity index (χ1) is 15.7. The predicted octanol–water partition coefficient (Wildman–Crippen LogP) is 4.08. The van der Waals surface area contributed by atoms with E-state index >= 15 is 0 Å². The third-order valence-corrected chi connectivity index (χ3v) is 5.02. The van der Waals surface area contributed by atoms with Crippen molar-refractivity contribution in [3.05, 3.63) is 35.4 Å². The van der Waals surface area contributed by atoms with Crippen LogP contribution in [0, 0.1) is 12.3 Å². The number of alkyl carbamates (subject to hydrolysis) is 1. The van der Waals surface area contributed by atoms with Crippen molar-refractivity contribution >= 4 is 30.5 Å². The summed E-state index contributed by atoms with van der Waals surface area (Å²) in [5.74, 6) is 1.88. The van der Waals surface area contributed by atoms with Crippen LogP contribution in [0.25, 0.3) is 0 Å². The van der Waals surface area contributed by atoms with Gasteiger partial charge in [0.05, 0.1) is 0 Å². The first kappa shape index (κ1) is 29.4. The summed E-state index contributed by atoms with van der Waals surface area (Å²) in [5.41, 5.74) is 0.0698. The summed E-state index contributed by atoms with van der Waals surface area (Å²) in [4.78, 5) is 41.0. The second-order valence-corrected chi connectivity index (χ2v) is 10.5. The van der Waals surface area contributed by atoms with Crippen LogP contribution >= 0.6 is 12.6 Å². The van der Waals surface area contributed by atoms with Gasteiger partial charge < -0.3 is 20.3 Å². The second-order valence-electron chi connectivity index (χ2n) is 10.2. The average molecular weight is 490 g/mol. The van der Waals surface area contributed by atoms with E-state index in [-0.39, 0.29) is 11.7 Å². The van der Waals surface area contributed by atoms with Gasteiger partial charge in [-0.15, -0.1) is 6.42 Å². The maximum absolute atomic E-state index is 13.7. The summed E-state index contributed by atoms with van der Waals surface area (Å²) in [6, 6.07) is 5.11. The van der Waals surface area contributed by atoms with Gasteiger partial charge in [0.15, 0.2) is 0 Å². The lowest BCUT2D eigenvalue weighted by Crippen LogP contribution is -2.55. The first-order valence-corrected chi connectivity index (χ1v) is 12.1. The number of hydrogen-bond donors (Lipinski definition) is 3. The van der Waals surface area contributed by atoms with Gasteiger partial charge in [0.1, 0.15) is 17.7 Å². The van der Waals surface area contributed by atoms with Gasteiger partial charge in [-0.05, 0) is 65.7 Å². The molecule has 0 radical (unpaired) electrons. The Morgan fingerprint density at radius 3 is 2.15 bits per heavy atom. The van der Waals surface area contributed by atoms with Gasteiger partial charge in [-0.25, -0.2) is 4.79 Å². The molecule has 1 rings (SSSR count). The zero-order chi connectivity index (χ0) is 26.1. The number of thiol groups is 1. The summed E-state index contributed by atoms with van der Waals surface area (Å²) in [6.07, 6.45) is 6.27. The Bertz CT molecular complexity index is 879. The van der Waals surface area contributed by atoms with Crippen molar-refractivity contribution in [3.8, 4) is 12.3 Å². The first-order valence-electron chi connectivity index (χ1n) is 11.5. The molecule has 0 aliphatic carbocycles. The molecule has 0 aliphatic heterocycles. The van der Waals surface area contributed by atoms with Crippen LogP contribution in [0.3, 0.4) is 0 Å². The van der Waals surface area contributed by atoms with Gasteiger partial charge in [-0.2, -0.15) is 12.6 Å². The number of benzene rings is 1. The molecule has 2 N–H and O–H groups in total. The molecule has 8 heteroatoms. The number of terminal acetylenes is 1. The molecule has 0 saturated carbocycles. The van der Waals surface area contributed by atoms with E-state index in [0.717, 1.165) is 6.42 Å². The molecule has 2 atom stereocenters. The summed E-state index contributed by atoms with van der Waals surface area (Å²) < 4.78 is 5.31. The van der Waals surface area contributed by atoms with Crippen LogP contribution in [0.4, 0.5) is 4.79 Å². The fourth-order valence-corrected chi connectivity index (χ4v) is 3.45. The quantitative estimate of drug-likeness (QED) is 0.360. The number of ether oxygens (including phenoxy) is 1. The molecule has 0 aromatic heterocycles. The smallest absolute Gasteiger partial charge is 0.408 e. The van der Waals surface area contributed by atoms with Crippen LogP contribution in [-0.4, -0.2) is 52.3 Å². The van der Waals surface area contributed by atoms with Crippen molar-refractivity contribution in [2.24, 2.45) is 0 Å². The monoisotopic (exact) mass is 489 g/mol. The number of carbonyl (C=O) groups is 3. The van der Waals surface area contributed by atoms with Gasteiger partial charge in [0, 0.05) is 23.4 Å². The zero-order valence-electron chi connectivity index (χ0n) is 21.4. The van der Waals surface area contributed by atoms with Crippen LogP contribution in [0.1, 0.15) is 78.5 Å². The molecule has 34 heavy (non-hydrogen) atoms. The molecule has 0 bridgehead atoms. The Labute approximate surface area is 209 Å². The topological polar surface area (TPSA) is 87.7 Å². The van der Waals surface area contributed by atoms with Crippen molar-refractivity contribution in [3.63, 3.8) is 0 Å². The lowest BCUT2D eigenvalue weighted by molar-refractivity contribution is -0.142. The van der Waals surface area contributed by atoms with Crippen molar-refractivity contribution < 1.29 is 19.1 Å². The highest BCUT2D eigenvalue weighted by atomic mass is 32.1. The molecule has 7 nitrogen and oxygen atoms in total. The molecule has 0 heterocycles. The average Bonchev–Trinajstić information content (AvgIpc) is 2.72. The predicted molar refractivity (Wildman–Crippen MR) is 139 cm³/mol. The van der Waals surface area contributed by atoms with E-state index in [2.05, 4.69) is 29.2 Å². The summed E-state index contributed by atoms with van der Waals surface area (Å²) in [7, 11) is 0. The van der Waals surface area contributed by atoms with Crippen molar-refractivity contribution in [1.29, 1.82) is 0 Å². The molecule has 188 valence electrons. The molecular formula is C26H39N3O4S. The van der Waals surface area contributed by atoms with Crippen molar-refractivity contribution in [2.45, 2.75) is 84.5 Å². The van der Waals surface area contributed by atoms with E-state index < -0.39 is 35.2 Å². The fraction of sp³-hybridized carbons (Fsp3) is 0.577. The van der Waals surface area contributed by atoms with Crippen molar-refractivity contribution in [1.82, 2.24) is 15.5 Å². The molecule has 0 spiro atoms. The maximum Gasteiger partial charge on any atom is 0.408 e. The van der Waals surface area contributed by atoms with E-state index in [9.17, 15) is 14.4 Å². The molecule has 1 aromatic rings.